The lowest BCUT2D eigenvalue weighted by atomic mass is 9.81. The first-order valence-corrected chi connectivity index (χ1v) is 9.21. The number of benzene rings is 2. The highest BCUT2D eigenvalue weighted by atomic mass is 16.5. The molecule has 0 fully saturated rings. The van der Waals surface area contributed by atoms with Crippen molar-refractivity contribution in [2.75, 3.05) is 21.3 Å². The van der Waals surface area contributed by atoms with Crippen LogP contribution in [0, 0.1) is 11.3 Å². The van der Waals surface area contributed by atoms with Gasteiger partial charge in [0.25, 0.3) is 5.91 Å². The van der Waals surface area contributed by atoms with Gasteiger partial charge in [-0.2, -0.15) is 5.26 Å². The smallest absolute Gasteiger partial charge is 0.261 e. The monoisotopic (exact) mass is 392 g/mol. The third kappa shape index (κ3) is 3.55. The van der Waals surface area contributed by atoms with Gasteiger partial charge in [-0.15, -0.1) is 0 Å². The first-order chi connectivity index (χ1) is 13.9. The largest absolute Gasteiger partial charge is 0.490 e. The minimum atomic E-state index is -1.05. The van der Waals surface area contributed by atoms with E-state index in [9.17, 15) is 4.79 Å². The van der Waals surface area contributed by atoms with Gasteiger partial charge >= 0.3 is 0 Å². The first kappa shape index (κ1) is 20.4. The maximum absolute atomic E-state index is 13.0. The second kappa shape index (κ2) is 7.94. The molecular formula is C22H24N4O3. The number of fused-ring (bicyclic) bond motifs is 2. The second-order valence-electron chi connectivity index (χ2n) is 7.14. The summed E-state index contributed by atoms with van der Waals surface area (Å²) in [6.45, 7) is 1.92. The molecule has 1 spiro atoms. The van der Waals surface area contributed by atoms with Gasteiger partial charge in [-0.25, -0.2) is 4.99 Å². The number of carbonyl (C=O) groups is 1. The highest BCUT2D eigenvalue weighted by molar-refractivity contribution is 6.07. The van der Waals surface area contributed by atoms with Gasteiger partial charge < -0.3 is 15.2 Å². The van der Waals surface area contributed by atoms with E-state index in [0.717, 1.165) is 11.1 Å². The van der Waals surface area contributed by atoms with Crippen molar-refractivity contribution >= 4 is 11.9 Å². The molecule has 0 aromatic heterocycles. The maximum atomic E-state index is 13.0. The quantitative estimate of drug-likeness (QED) is 0.804. The maximum Gasteiger partial charge on any atom is 0.261 e. The molecule has 2 N–H and O–H groups in total. The van der Waals surface area contributed by atoms with Crippen molar-refractivity contribution in [2.24, 2.45) is 10.7 Å². The number of amides is 1. The number of likely N-dealkylation sites (N-methyl/N-ethyl adjacent to an activating group) is 1. The highest BCUT2D eigenvalue weighted by Gasteiger charge is 2.52. The van der Waals surface area contributed by atoms with E-state index in [2.05, 4.69) is 15.8 Å². The summed E-state index contributed by atoms with van der Waals surface area (Å²) >= 11 is 0. The molecular weight excluding hydrogens is 368 g/mol. The van der Waals surface area contributed by atoms with Crippen molar-refractivity contribution in [3.63, 3.8) is 0 Å². The molecule has 7 heteroatoms. The summed E-state index contributed by atoms with van der Waals surface area (Å²) in [5, 5.41) is 9.14. The van der Waals surface area contributed by atoms with Crippen molar-refractivity contribution in [3.05, 3.63) is 53.6 Å². The summed E-state index contributed by atoms with van der Waals surface area (Å²) in [6.07, 6.45) is 0.285. The van der Waals surface area contributed by atoms with E-state index in [0.29, 0.717) is 23.3 Å². The first-order valence-electron chi connectivity index (χ1n) is 9.21. The number of aliphatic imine (C=N–C) groups is 1. The molecule has 150 valence electrons. The van der Waals surface area contributed by atoms with Gasteiger partial charge in [0.1, 0.15) is 5.75 Å². The highest BCUT2D eigenvalue weighted by Crippen LogP contribution is 2.46. The number of hydrogen-bond donors (Lipinski definition) is 1. The molecule has 0 unspecified atom stereocenters. The van der Waals surface area contributed by atoms with E-state index in [1.807, 2.05) is 43.3 Å². The van der Waals surface area contributed by atoms with E-state index in [1.54, 1.807) is 27.3 Å². The number of nitrogens with zero attached hydrogens (tertiary/aromatic N) is 3. The lowest BCUT2D eigenvalue weighted by Gasteiger charge is -2.35. The average molecular weight is 392 g/mol. The fourth-order valence-electron chi connectivity index (χ4n) is 3.70. The number of ether oxygens (including phenoxy) is 2. The van der Waals surface area contributed by atoms with Gasteiger partial charge in [0.2, 0.25) is 0 Å². The molecule has 0 saturated heterocycles. The van der Waals surface area contributed by atoms with E-state index < -0.39 is 5.54 Å². The Morgan fingerprint density at radius 2 is 1.97 bits per heavy atom. The van der Waals surface area contributed by atoms with E-state index in [1.165, 1.54) is 4.90 Å². The van der Waals surface area contributed by atoms with Crippen LogP contribution in [0.4, 0.5) is 0 Å². The zero-order chi connectivity index (χ0) is 21.2. The zero-order valence-electron chi connectivity index (χ0n) is 17.0. The minimum absolute atomic E-state index is 0.144. The number of nitriles is 1. The Kier molecular flexibility index (Phi) is 5.57. The van der Waals surface area contributed by atoms with Crippen molar-refractivity contribution in [2.45, 2.75) is 25.0 Å². The fourth-order valence-corrected chi connectivity index (χ4v) is 3.70. The summed E-state index contributed by atoms with van der Waals surface area (Å²) in [4.78, 5) is 18.9. The lowest BCUT2D eigenvalue weighted by molar-refractivity contribution is -0.132. The molecule has 2 aromatic carbocycles. The Balaban J connectivity index is 0.000000755. The summed E-state index contributed by atoms with van der Waals surface area (Å²) in [6, 6.07) is 15.2. The molecule has 2 aliphatic heterocycles. The summed E-state index contributed by atoms with van der Waals surface area (Å²) in [5.74, 6) is 0.713. The second-order valence-corrected chi connectivity index (χ2v) is 7.14. The molecule has 4 rings (SSSR count). The standard InChI is InChI=1S/C20H18N4O2.C2H6O/c1-12-10-20(18(25)24(2)19(22)23-20)16-9-15(6-7-17(16)26-12)14-5-3-4-13(8-14)11-21;1-3-2/h3-9,12H,10H2,1-2H3,(H2,22,23);1-2H3/t12-,20-;/m1./s1. The number of methoxy groups -OCH3 is 1. The summed E-state index contributed by atoms with van der Waals surface area (Å²) < 4.78 is 10.2. The van der Waals surface area contributed by atoms with Crippen molar-refractivity contribution in [1.82, 2.24) is 4.90 Å². The van der Waals surface area contributed by atoms with Crippen molar-refractivity contribution < 1.29 is 14.3 Å². The summed E-state index contributed by atoms with van der Waals surface area (Å²) in [5.41, 5.74) is 7.99. The molecule has 2 aliphatic rings. The van der Waals surface area contributed by atoms with Crippen LogP contribution in [-0.2, 0) is 15.1 Å². The van der Waals surface area contributed by atoms with Crippen molar-refractivity contribution in [3.8, 4) is 22.9 Å². The van der Waals surface area contributed by atoms with Crippen LogP contribution >= 0.6 is 0 Å². The number of carbonyl (C=O) groups excluding carboxylic acids is 1. The van der Waals surface area contributed by atoms with Crippen LogP contribution in [-0.4, -0.2) is 44.1 Å². The molecule has 29 heavy (non-hydrogen) atoms. The van der Waals surface area contributed by atoms with Crippen LogP contribution in [0.1, 0.15) is 24.5 Å². The molecule has 2 atom stereocenters. The molecule has 0 bridgehead atoms. The van der Waals surface area contributed by atoms with Gasteiger partial charge in [0, 0.05) is 33.3 Å². The average Bonchev–Trinajstić information content (AvgIpc) is 2.92. The molecule has 0 saturated carbocycles. The van der Waals surface area contributed by atoms with Gasteiger partial charge in [-0.3, -0.25) is 9.69 Å². The number of rotatable bonds is 1. The third-order valence-electron chi connectivity index (χ3n) is 4.97. The third-order valence-corrected chi connectivity index (χ3v) is 4.97. The molecule has 0 radical (unpaired) electrons. The Labute approximate surface area is 170 Å². The molecule has 2 aromatic rings. The van der Waals surface area contributed by atoms with Crippen LogP contribution in [0.15, 0.2) is 47.5 Å². The van der Waals surface area contributed by atoms with Gasteiger partial charge in [0.05, 0.1) is 17.7 Å². The Bertz CT molecular complexity index is 1010. The van der Waals surface area contributed by atoms with Crippen LogP contribution in [0.2, 0.25) is 0 Å². The van der Waals surface area contributed by atoms with Crippen LogP contribution in [0.3, 0.4) is 0 Å². The number of nitrogens with two attached hydrogens (primary N) is 1. The Morgan fingerprint density at radius 1 is 1.28 bits per heavy atom. The van der Waals surface area contributed by atoms with Crippen LogP contribution in [0.25, 0.3) is 11.1 Å². The van der Waals surface area contributed by atoms with Gasteiger partial charge in [0.15, 0.2) is 11.5 Å². The number of hydrogen-bond acceptors (Lipinski definition) is 6. The molecule has 1 amide bonds. The lowest BCUT2D eigenvalue weighted by Crippen LogP contribution is -2.45. The molecule has 2 heterocycles. The van der Waals surface area contributed by atoms with Gasteiger partial charge in [-0.1, -0.05) is 18.2 Å². The van der Waals surface area contributed by atoms with E-state index in [-0.39, 0.29) is 18.0 Å². The number of guanidine groups is 1. The normalized spacial score (nSPS) is 22.2. The van der Waals surface area contributed by atoms with Crippen LogP contribution < -0.4 is 10.5 Å². The Morgan fingerprint density at radius 3 is 2.59 bits per heavy atom. The van der Waals surface area contributed by atoms with Crippen molar-refractivity contribution in [1.29, 1.82) is 5.26 Å². The van der Waals surface area contributed by atoms with Gasteiger partial charge in [-0.05, 0) is 42.3 Å². The Hall–Kier alpha value is -3.37. The van der Waals surface area contributed by atoms with E-state index >= 15 is 0 Å². The minimum Gasteiger partial charge on any atom is -0.490 e. The SMILES string of the molecule is COC.C[C@@H]1C[C@@]2(N=C(N)N(C)C2=O)c2cc(-c3cccc(C#N)c3)ccc2O1. The predicted molar refractivity (Wildman–Crippen MR) is 110 cm³/mol. The van der Waals surface area contributed by atoms with E-state index in [4.69, 9.17) is 15.7 Å². The molecule has 7 nitrogen and oxygen atoms in total. The predicted octanol–water partition coefficient (Wildman–Crippen LogP) is 2.64. The molecule has 0 aliphatic carbocycles. The zero-order valence-corrected chi connectivity index (χ0v) is 17.0. The topological polar surface area (TPSA) is 101 Å². The summed E-state index contributed by atoms with van der Waals surface area (Å²) in [7, 11) is 4.88. The fraction of sp³-hybridized carbons (Fsp3) is 0.318. The van der Waals surface area contributed by atoms with Crippen LogP contribution in [0.5, 0.6) is 5.75 Å².